The van der Waals surface area contributed by atoms with Gasteiger partial charge in [0, 0.05) is 0 Å². The van der Waals surface area contributed by atoms with Gasteiger partial charge in [-0.3, -0.25) is 14.4 Å². The van der Waals surface area contributed by atoms with Crippen molar-refractivity contribution in [1.82, 2.24) is 16.0 Å². The predicted molar refractivity (Wildman–Crippen MR) is 125 cm³/mol. The van der Waals surface area contributed by atoms with Gasteiger partial charge in [-0.25, -0.2) is 4.79 Å². The number of unbranched alkanes of at least 4 members (excludes halogenated alkanes) is 1. The third-order valence-electron chi connectivity index (χ3n) is 5.48. The summed E-state index contributed by atoms with van der Waals surface area (Å²) in [4.78, 5) is 49.7. The molecular formula is C22H43N5O6. The second-order valence-electron chi connectivity index (χ2n) is 9.02. The molecule has 0 fully saturated rings. The van der Waals surface area contributed by atoms with E-state index in [1.165, 1.54) is 6.92 Å². The van der Waals surface area contributed by atoms with Gasteiger partial charge in [-0.15, -0.1) is 0 Å². The highest BCUT2D eigenvalue weighted by Crippen LogP contribution is 2.11. The minimum absolute atomic E-state index is 0.0342. The molecule has 0 rings (SSSR count). The van der Waals surface area contributed by atoms with Crippen LogP contribution in [0.5, 0.6) is 0 Å². The Labute approximate surface area is 196 Å². The molecule has 6 atom stereocenters. The van der Waals surface area contributed by atoms with Crippen LogP contribution in [-0.2, 0) is 19.2 Å². The molecule has 6 unspecified atom stereocenters. The highest BCUT2D eigenvalue weighted by Gasteiger charge is 2.34. The second kappa shape index (κ2) is 15.6. The molecule has 0 aliphatic heterocycles. The third-order valence-corrected chi connectivity index (χ3v) is 5.48. The molecule has 0 aromatic carbocycles. The van der Waals surface area contributed by atoms with Gasteiger partial charge < -0.3 is 37.6 Å². The Bertz CT molecular complexity index is 643. The Morgan fingerprint density at radius 3 is 1.88 bits per heavy atom. The number of aliphatic carboxylic acids is 1. The highest BCUT2D eigenvalue weighted by molar-refractivity contribution is 5.94. The number of aliphatic hydroxyl groups excluding tert-OH is 1. The van der Waals surface area contributed by atoms with E-state index in [9.17, 15) is 29.4 Å². The van der Waals surface area contributed by atoms with Gasteiger partial charge in [-0.2, -0.15) is 0 Å². The maximum atomic E-state index is 12.9. The minimum Gasteiger partial charge on any atom is -0.480 e. The first-order chi connectivity index (χ1) is 15.3. The van der Waals surface area contributed by atoms with E-state index in [1.807, 2.05) is 20.8 Å². The Balaban J connectivity index is 5.39. The van der Waals surface area contributed by atoms with Crippen LogP contribution < -0.4 is 27.4 Å². The number of carbonyl (C=O) groups excluding carboxylic acids is 3. The Morgan fingerprint density at radius 2 is 1.42 bits per heavy atom. The summed E-state index contributed by atoms with van der Waals surface area (Å²) < 4.78 is 0. The van der Waals surface area contributed by atoms with Crippen LogP contribution in [0.2, 0.25) is 0 Å². The van der Waals surface area contributed by atoms with Crippen molar-refractivity contribution in [2.45, 2.75) is 97.0 Å². The predicted octanol–water partition coefficient (Wildman–Crippen LogP) is -0.545. The fraction of sp³-hybridized carbons (Fsp3) is 0.818. The molecule has 192 valence electrons. The van der Waals surface area contributed by atoms with Crippen LogP contribution in [0.25, 0.3) is 0 Å². The summed E-state index contributed by atoms with van der Waals surface area (Å²) in [5.41, 5.74) is 11.3. The van der Waals surface area contributed by atoms with E-state index in [2.05, 4.69) is 16.0 Å². The number of hydrogen-bond acceptors (Lipinski definition) is 7. The average molecular weight is 474 g/mol. The molecule has 33 heavy (non-hydrogen) atoms. The number of nitrogens with one attached hydrogen (secondary N) is 3. The normalized spacial score (nSPS) is 16.8. The summed E-state index contributed by atoms with van der Waals surface area (Å²) in [6.45, 7) is 9.07. The fourth-order valence-corrected chi connectivity index (χ4v) is 3.20. The van der Waals surface area contributed by atoms with Gasteiger partial charge in [0.25, 0.3) is 0 Å². The van der Waals surface area contributed by atoms with Crippen molar-refractivity contribution in [2.24, 2.45) is 23.3 Å². The number of carboxylic acid groups (broad SMARTS) is 1. The van der Waals surface area contributed by atoms with Crippen molar-refractivity contribution in [3.8, 4) is 0 Å². The molecule has 0 aromatic heterocycles. The van der Waals surface area contributed by atoms with E-state index in [-0.39, 0.29) is 18.3 Å². The Morgan fingerprint density at radius 1 is 0.879 bits per heavy atom. The van der Waals surface area contributed by atoms with Crippen LogP contribution in [0, 0.1) is 11.8 Å². The van der Waals surface area contributed by atoms with Crippen molar-refractivity contribution in [2.75, 3.05) is 6.54 Å². The summed E-state index contributed by atoms with van der Waals surface area (Å²) in [6.07, 6.45) is 1.24. The van der Waals surface area contributed by atoms with Gasteiger partial charge >= 0.3 is 5.97 Å². The van der Waals surface area contributed by atoms with Gasteiger partial charge in [-0.05, 0) is 44.6 Å². The van der Waals surface area contributed by atoms with Crippen molar-refractivity contribution in [1.29, 1.82) is 0 Å². The summed E-state index contributed by atoms with van der Waals surface area (Å²) >= 11 is 0. The lowest BCUT2D eigenvalue weighted by Gasteiger charge is -2.29. The first-order valence-corrected chi connectivity index (χ1v) is 11.6. The van der Waals surface area contributed by atoms with Crippen molar-refractivity contribution in [3.05, 3.63) is 0 Å². The lowest BCUT2D eigenvalue weighted by molar-refractivity contribution is -0.143. The van der Waals surface area contributed by atoms with Gasteiger partial charge in [-0.1, -0.05) is 40.5 Å². The van der Waals surface area contributed by atoms with Crippen molar-refractivity contribution in [3.63, 3.8) is 0 Å². The molecule has 0 radical (unpaired) electrons. The molecule has 11 nitrogen and oxygen atoms in total. The van der Waals surface area contributed by atoms with Crippen LogP contribution in [0.1, 0.15) is 66.7 Å². The van der Waals surface area contributed by atoms with E-state index in [4.69, 9.17) is 11.5 Å². The maximum Gasteiger partial charge on any atom is 0.326 e. The van der Waals surface area contributed by atoms with Crippen LogP contribution in [-0.4, -0.2) is 70.7 Å². The first kappa shape index (κ1) is 30.8. The number of carbonyl (C=O) groups is 4. The largest absolute Gasteiger partial charge is 0.480 e. The number of amides is 3. The van der Waals surface area contributed by atoms with E-state index in [0.29, 0.717) is 32.2 Å². The highest BCUT2D eigenvalue weighted by atomic mass is 16.4. The molecule has 9 N–H and O–H groups in total. The third kappa shape index (κ3) is 11.4. The molecular weight excluding hydrogens is 430 g/mol. The van der Waals surface area contributed by atoms with Gasteiger partial charge in [0.15, 0.2) is 0 Å². The summed E-state index contributed by atoms with van der Waals surface area (Å²) in [5.74, 6) is -3.45. The number of carboxylic acids is 1. The van der Waals surface area contributed by atoms with Crippen molar-refractivity contribution < 1.29 is 29.4 Å². The number of aliphatic hydroxyl groups is 1. The van der Waals surface area contributed by atoms with Crippen LogP contribution in [0.15, 0.2) is 0 Å². The lowest BCUT2D eigenvalue weighted by Crippen LogP contribution is -2.61. The summed E-state index contributed by atoms with van der Waals surface area (Å²) in [5, 5.41) is 27.0. The number of hydrogen-bond donors (Lipinski definition) is 7. The Hall–Kier alpha value is -2.24. The van der Waals surface area contributed by atoms with Crippen LogP contribution in [0.4, 0.5) is 0 Å². The summed E-state index contributed by atoms with van der Waals surface area (Å²) in [6, 6.07) is -4.34. The summed E-state index contributed by atoms with van der Waals surface area (Å²) in [7, 11) is 0. The van der Waals surface area contributed by atoms with Crippen molar-refractivity contribution >= 4 is 23.7 Å². The van der Waals surface area contributed by atoms with E-state index < -0.39 is 54.0 Å². The SMILES string of the molecule is CCC(C)C(NC(=O)C(NC(=O)C(N)CCCCN)C(C)O)C(=O)NC(CC(C)C)C(=O)O. The fourth-order valence-electron chi connectivity index (χ4n) is 3.20. The van der Waals surface area contributed by atoms with E-state index >= 15 is 0 Å². The van der Waals surface area contributed by atoms with Gasteiger partial charge in [0.1, 0.15) is 18.1 Å². The lowest BCUT2D eigenvalue weighted by atomic mass is 9.96. The first-order valence-electron chi connectivity index (χ1n) is 11.6. The molecule has 0 aliphatic carbocycles. The number of rotatable bonds is 16. The van der Waals surface area contributed by atoms with Crippen LogP contribution in [0.3, 0.4) is 0 Å². The molecule has 0 aromatic rings. The standard InChI is InChI=1S/C22H43N5O6/c1-6-13(4)17(20(30)25-16(22(32)33)11-12(2)3)26-21(31)18(14(5)28)27-19(29)15(24)9-7-8-10-23/h12-18,28H,6-11,23-24H2,1-5H3,(H,25,30)(H,26,31)(H,27,29)(H,32,33). The molecule has 0 aliphatic rings. The maximum absolute atomic E-state index is 12.9. The zero-order valence-corrected chi connectivity index (χ0v) is 20.5. The average Bonchev–Trinajstić information content (AvgIpc) is 2.73. The molecule has 3 amide bonds. The zero-order chi connectivity index (χ0) is 25.7. The van der Waals surface area contributed by atoms with E-state index in [0.717, 1.165) is 0 Å². The quantitative estimate of drug-likeness (QED) is 0.145. The van der Waals surface area contributed by atoms with Gasteiger partial charge in [0.2, 0.25) is 17.7 Å². The molecule has 0 spiro atoms. The Kier molecular flexibility index (Phi) is 14.5. The topological polar surface area (TPSA) is 197 Å². The monoisotopic (exact) mass is 473 g/mol. The molecule has 0 bridgehead atoms. The second-order valence-corrected chi connectivity index (χ2v) is 9.02. The molecule has 0 saturated heterocycles. The zero-order valence-electron chi connectivity index (χ0n) is 20.5. The number of nitrogens with two attached hydrogens (primary N) is 2. The van der Waals surface area contributed by atoms with Gasteiger partial charge in [0.05, 0.1) is 12.1 Å². The molecule has 0 saturated carbocycles. The molecule has 0 heterocycles. The van der Waals surface area contributed by atoms with Crippen LogP contribution >= 0.6 is 0 Å². The smallest absolute Gasteiger partial charge is 0.326 e. The minimum atomic E-state index is -1.33. The molecule has 11 heteroatoms. The van der Waals surface area contributed by atoms with E-state index in [1.54, 1.807) is 6.92 Å².